The van der Waals surface area contributed by atoms with Gasteiger partial charge in [-0.1, -0.05) is 35.5 Å². The predicted molar refractivity (Wildman–Crippen MR) is 147 cm³/mol. The molecule has 3 aromatic rings. The lowest BCUT2D eigenvalue weighted by Crippen LogP contribution is -2.51. The number of aromatic nitrogens is 3. The third-order valence-corrected chi connectivity index (χ3v) is 8.35. The van der Waals surface area contributed by atoms with E-state index in [0.717, 1.165) is 35.4 Å². The fraction of sp³-hybridized carbons (Fsp3) is 0.433. The van der Waals surface area contributed by atoms with Crippen LogP contribution in [-0.2, 0) is 29.0 Å². The van der Waals surface area contributed by atoms with E-state index in [1.54, 1.807) is 10.7 Å². The van der Waals surface area contributed by atoms with E-state index in [9.17, 15) is 14.4 Å². The largest absolute Gasteiger partial charge is 0.494 e. The van der Waals surface area contributed by atoms with Crippen molar-refractivity contribution in [1.29, 1.82) is 0 Å². The Kier molecular flexibility index (Phi) is 7.23. The number of nitrogens with zero attached hydrogens (tertiary/aromatic N) is 4. The zero-order valence-electron chi connectivity index (χ0n) is 22.5. The second kappa shape index (κ2) is 11.1. The Hall–Kier alpha value is -4.21. The molecule has 0 radical (unpaired) electrons. The molecule has 2 aromatic carbocycles. The highest BCUT2D eigenvalue weighted by Gasteiger charge is 2.43. The highest BCUT2D eigenvalue weighted by atomic mass is 16.5. The van der Waals surface area contributed by atoms with E-state index in [-0.39, 0.29) is 30.2 Å². The topological polar surface area (TPSA) is 118 Å². The number of piperidine rings is 1. The van der Waals surface area contributed by atoms with Gasteiger partial charge in [0, 0.05) is 50.8 Å². The molecule has 4 bridgehead atoms. The molecule has 5 heterocycles. The summed E-state index contributed by atoms with van der Waals surface area (Å²) in [5.41, 5.74) is 2.73. The van der Waals surface area contributed by atoms with Crippen molar-refractivity contribution in [2.75, 3.05) is 26.2 Å². The van der Waals surface area contributed by atoms with Crippen LogP contribution in [0.2, 0.25) is 0 Å². The normalized spacial score (nSPS) is 20.8. The van der Waals surface area contributed by atoms with Gasteiger partial charge in [0.2, 0.25) is 11.8 Å². The Labute approximate surface area is 233 Å². The van der Waals surface area contributed by atoms with Crippen LogP contribution in [-0.4, -0.2) is 63.9 Å². The number of amides is 3. The quantitative estimate of drug-likeness (QED) is 0.514. The molecule has 3 amide bonds. The number of likely N-dealkylation sites (tertiary alicyclic amines) is 1. The van der Waals surface area contributed by atoms with Crippen LogP contribution in [0.25, 0.3) is 0 Å². The molecule has 4 aliphatic rings. The van der Waals surface area contributed by atoms with Crippen LogP contribution in [0.4, 0.5) is 0 Å². The summed E-state index contributed by atoms with van der Waals surface area (Å²) in [7, 11) is 0. The number of rotatable bonds is 2. The summed E-state index contributed by atoms with van der Waals surface area (Å²) in [6, 6.07) is 15.1. The van der Waals surface area contributed by atoms with Gasteiger partial charge in [0.15, 0.2) is 0 Å². The van der Waals surface area contributed by atoms with E-state index < -0.39 is 5.41 Å². The fourth-order valence-corrected chi connectivity index (χ4v) is 6.01. The highest BCUT2D eigenvalue weighted by Crippen LogP contribution is 2.36. The summed E-state index contributed by atoms with van der Waals surface area (Å²) in [6.07, 6.45) is 5.17. The van der Waals surface area contributed by atoms with Gasteiger partial charge in [-0.25, -0.2) is 0 Å². The number of carbonyl (C=O) groups is 3. The molecule has 1 atom stereocenters. The smallest absolute Gasteiger partial charge is 0.252 e. The lowest BCUT2D eigenvalue weighted by molar-refractivity contribution is -0.141. The van der Waals surface area contributed by atoms with Crippen molar-refractivity contribution in [3.8, 4) is 5.75 Å². The number of ether oxygens (including phenoxy) is 1. The van der Waals surface area contributed by atoms with Crippen molar-refractivity contribution < 1.29 is 19.1 Å². The first-order valence-corrected chi connectivity index (χ1v) is 14.1. The number of benzene rings is 2. The Morgan fingerprint density at radius 2 is 1.85 bits per heavy atom. The number of aryl methyl sites for hydroxylation is 1. The minimum Gasteiger partial charge on any atom is -0.494 e. The number of hydrogen-bond acceptors (Lipinski definition) is 6. The number of hydrogen-bond donors (Lipinski definition) is 2. The monoisotopic (exact) mass is 542 g/mol. The molecule has 4 aliphatic heterocycles. The van der Waals surface area contributed by atoms with Crippen LogP contribution < -0.4 is 15.4 Å². The zero-order chi connectivity index (χ0) is 27.5. The lowest BCUT2D eigenvalue weighted by atomic mass is 9.73. The van der Waals surface area contributed by atoms with Crippen LogP contribution in [0.15, 0.2) is 54.7 Å². The number of fused-ring (bicyclic) bond motifs is 9. The van der Waals surface area contributed by atoms with Crippen molar-refractivity contribution in [3.63, 3.8) is 0 Å². The maximum absolute atomic E-state index is 13.7. The molecule has 2 N–H and O–H groups in total. The van der Waals surface area contributed by atoms with Crippen LogP contribution in [0.5, 0.6) is 5.75 Å². The first kappa shape index (κ1) is 26.0. The molecule has 1 fully saturated rings. The molecule has 7 rings (SSSR count). The van der Waals surface area contributed by atoms with Gasteiger partial charge in [0.25, 0.3) is 5.91 Å². The summed E-state index contributed by atoms with van der Waals surface area (Å²) >= 11 is 0. The molecule has 208 valence electrons. The van der Waals surface area contributed by atoms with Crippen molar-refractivity contribution in [2.24, 2.45) is 5.41 Å². The van der Waals surface area contributed by atoms with Gasteiger partial charge >= 0.3 is 0 Å². The minimum absolute atomic E-state index is 0.00426. The minimum atomic E-state index is -0.674. The first-order valence-electron chi connectivity index (χ1n) is 14.1. The van der Waals surface area contributed by atoms with Crippen molar-refractivity contribution in [2.45, 2.75) is 51.1 Å². The van der Waals surface area contributed by atoms with Gasteiger partial charge in [0.1, 0.15) is 5.75 Å². The summed E-state index contributed by atoms with van der Waals surface area (Å²) in [6.45, 7) is 2.73. The summed E-state index contributed by atoms with van der Waals surface area (Å²) in [5, 5.41) is 14.8. The molecule has 40 heavy (non-hydrogen) atoms. The average Bonchev–Trinajstić information content (AvgIpc) is 3.55. The van der Waals surface area contributed by atoms with Gasteiger partial charge in [-0.2, -0.15) is 0 Å². The predicted octanol–water partition coefficient (Wildman–Crippen LogP) is 2.45. The fourth-order valence-electron chi connectivity index (χ4n) is 6.01. The van der Waals surface area contributed by atoms with E-state index in [1.807, 2.05) is 53.6 Å². The Balaban J connectivity index is 1.15. The van der Waals surface area contributed by atoms with Gasteiger partial charge in [-0.05, 0) is 48.6 Å². The first-order chi connectivity index (χ1) is 19.5. The zero-order valence-corrected chi connectivity index (χ0v) is 22.5. The molecule has 1 unspecified atom stereocenters. The molecular weight excluding hydrogens is 508 g/mol. The standard InChI is InChI=1S/C30H34N6O4/c37-27(18-26-24-4-1-2-5-25(24)28(38)32-26)35-15-11-30(12-16-35)19-22-20-36(34-33-22)14-3-17-40-23-8-6-21(7-9-23)10-13-31-29(30)39/h1-2,4-9,20,26H,3,10-19H2,(H,31,39)(H,32,38). The van der Waals surface area contributed by atoms with Gasteiger partial charge in [-0.15, -0.1) is 5.10 Å². The Bertz CT molecular complexity index is 1390. The van der Waals surface area contributed by atoms with Crippen molar-refractivity contribution >= 4 is 17.7 Å². The third kappa shape index (κ3) is 5.43. The molecule has 1 aromatic heterocycles. The third-order valence-electron chi connectivity index (χ3n) is 8.35. The molecule has 1 saturated heterocycles. The van der Waals surface area contributed by atoms with Crippen LogP contribution in [0, 0.1) is 5.41 Å². The van der Waals surface area contributed by atoms with Gasteiger partial charge in [-0.3, -0.25) is 19.1 Å². The number of carbonyl (C=O) groups excluding carboxylic acids is 3. The molecule has 0 aliphatic carbocycles. The maximum Gasteiger partial charge on any atom is 0.252 e. The second-order valence-corrected chi connectivity index (χ2v) is 11.0. The SMILES string of the molecule is O=C1NC(CC(=O)N2CCC3(CC2)Cc2cn(nn2)CCCOc2ccc(cc2)CCNC3=O)c2ccccc21. The summed E-state index contributed by atoms with van der Waals surface area (Å²) < 4.78 is 7.65. The molecular formula is C30H34N6O4. The Morgan fingerprint density at radius 1 is 1.05 bits per heavy atom. The van der Waals surface area contributed by atoms with E-state index in [0.29, 0.717) is 57.6 Å². The Morgan fingerprint density at radius 3 is 2.67 bits per heavy atom. The highest BCUT2D eigenvalue weighted by molar-refractivity contribution is 5.99. The summed E-state index contributed by atoms with van der Waals surface area (Å²) in [4.78, 5) is 41.1. The van der Waals surface area contributed by atoms with E-state index in [2.05, 4.69) is 20.9 Å². The van der Waals surface area contributed by atoms with E-state index in [4.69, 9.17) is 4.74 Å². The van der Waals surface area contributed by atoms with Crippen LogP contribution >= 0.6 is 0 Å². The lowest BCUT2D eigenvalue weighted by Gasteiger charge is -2.40. The second-order valence-electron chi connectivity index (χ2n) is 11.0. The van der Waals surface area contributed by atoms with Gasteiger partial charge < -0.3 is 20.3 Å². The average molecular weight is 543 g/mol. The van der Waals surface area contributed by atoms with Gasteiger partial charge in [0.05, 0.1) is 30.2 Å². The molecule has 10 heteroatoms. The molecule has 0 saturated carbocycles. The maximum atomic E-state index is 13.7. The molecule has 10 nitrogen and oxygen atoms in total. The van der Waals surface area contributed by atoms with E-state index >= 15 is 0 Å². The summed E-state index contributed by atoms with van der Waals surface area (Å²) in [5.74, 6) is 0.672. The van der Waals surface area contributed by atoms with E-state index in [1.165, 1.54) is 0 Å². The van der Waals surface area contributed by atoms with Crippen LogP contribution in [0.3, 0.4) is 0 Å². The molecule has 1 spiro atoms. The van der Waals surface area contributed by atoms with Crippen LogP contribution in [0.1, 0.15) is 58.9 Å². The van der Waals surface area contributed by atoms with Crippen molar-refractivity contribution in [3.05, 3.63) is 77.1 Å². The van der Waals surface area contributed by atoms with Crippen molar-refractivity contribution in [1.82, 2.24) is 30.5 Å². The number of nitrogens with one attached hydrogen (secondary N) is 2.